The first kappa shape index (κ1) is 11.5. The minimum atomic E-state index is -0.998. The molecule has 0 aromatic carbocycles. The summed E-state index contributed by atoms with van der Waals surface area (Å²) in [5.41, 5.74) is -0.821. The van der Waals surface area contributed by atoms with Crippen LogP contribution < -0.4 is 11.2 Å². The van der Waals surface area contributed by atoms with Crippen LogP contribution in [0.5, 0.6) is 0 Å². The summed E-state index contributed by atoms with van der Waals surface area (Å²) in [4.78, 5) is 25.3. The van der Waals surface area contributed by atoms with Gasteiger partial charge in [0.25, 0.3) is 5.56 Å². The summed E-state index contributed by atoms with van der Waals surface area (Å²) in [5, 5.41) is 7.53. The molecule has 1 atom stereocenters. The predicted octanol–water partition coefficient (Wildman–Crippen LogP) is 0.750. The Hall–Kier alpha value is -1.54. The van der Waals surface area contributed by atoms with Gasteiger partial charge in [-0.2, -0.15) is 5.26 Å². The molecule has 1 heterocycles. The van der Waals surface area contributed by atoms with Crippen molar-refractivity contribution in [3.8, 4) is 6.07 Å². The van der Waals surface area contributed by atoms with Crippen LogP contribution in [0.4, 0.5) is 0 Å². The Bertz CT molecular complexity index is 466. The first-order chi connectivity index (χ1) is 7.10. The molecule has 0 radical (unpaired) electrons. The van der Waals surface area contributed by atoms with E-state index < -0.39 is 16.6 Å². The molecule has 15 heavy (non-hydrogen) atoms. The molecule has 1 aromatic heterocycles. The van der Waals surface area contributed by atoms with E-state index in [4.69, 9.17) is 16.9 Å². The van der Waals surface area contributed by atoms with Crippen molar-refractivity contribution >= 4 is 11.6 Å². The third kappa shape index (κ3) is 2.48. The standard InChI is InChI=1S/C9H10ClN3O2/c1-2-3-13-8(14)4-7(6(10)5-11)12-9(13)15/h4,6H,2-3H2,1H3,(H,12,15). The van der Waals surface area contributed by atoms with E-state index in [9.17, 15) is 9.59 Å². The van der Waals surface area contributed by atoms with Gasteiger partial charge in [0, 0.05) is 12.6 Å². The topological polar surface area (TPSA) is 78.7 Å². The van der Waals surface area contributed by atoms with Gasteiger partial charge in [-0.1, -0.05) is 18.5 Å². The van der Waals surface area contributed by atoms with E-state index in [1.54, 1.807) is 6.07 Å². The zero-order chi connectivity index (χ0) is 11.4. The van der Waals surface area contributed by atoms with Crippen molar-refractivity contribution in [1.82, 2.24) is 9.55 Å². The van der Waals surface area contributed by atoms with Gasteiger partial charge in [0.1, 0.15) is 0 Å². The lowest BCUT2D eigenvalue weighted by Crippen LogP contribution is -2.35. The molecule has 0 fully saturated rings. The van der Waals surface area contributed by atoms with E-state index in [1.807, 2.05) is 6.92 Å². The average molecular weight is 228 g/mol. The Balaban J connectivity index is 3.27. The van der Waals surface area contributed by atoms with Crippen molar-refractivity contribution in [2.75, 3.05) is 0 Å². The molecule has 1 N–H and O–H groups in total. The number of alkyl halides is 1. The maximum Gasteiger partial charge on any atom is 0.328 e. The summed E-state index contributed by atoms with van der Waals surface area (Å²) >= 11 is 5.58. The number of hydrogen-bond acceptors (Lipinski definition) is 3. The highest BCUT2D eigenvalue weighted by molar-refractivity contribution is 6.22. The number of aromatic amines is 1. The molecule has 0 amide bonds. The smallest absolute Gasteiger partial charge is 0.308 e. The van der Waals surface area contributed by atoms with Crippen LogP contribution in [-0.2, 0) is 6.54 Å². The second kappa shape index (κ2) is 4.80. The molecule has 0 saturated heterocycles. The third-order valence-electron chi connectivity index (χ3n) is 1.88. The molecule has 0 aliphatic rings. The van der Waals surface area contributed by atoms with Gasteiger partial charge in [-0.05, 0) is 6.42 Å². The average Bonchev–Trinajstić information content (AvgIpc) is 2.22. The quantitative estimate of drug-likeness (QED) is 0.774. The van der Waals surface area contributed by atoms with Crippen molar-refractivity contribution in [3.63, 3.8) is 0 Å². The van der Waals surface area contributed by atoms with Gasteiger partial charge in [0.2, 0.25) is 0 Å². The number of nitriles is 1. The van der Waals surface area contributed by atoms with Crippen molar-refractivity contribution in [2.45, 2.75) is 25.3 Å². The molecule has 1 rings (SSSR count). The number of rotatable bonds is 3. The fourth-order valence-corrected chi connectivity index (χ4v) is 1.30. The first-order valence-corrected chi connectivity index (χ1v) is 4.91. The van der Waals surface area contributed by atoms with Gasteiger partial charge in [0.15, 0.2) is 5.38 Å². The molecule has 80 valence electrons. The van der Waals surface area contributed by atoms with Crippen molar-refractivity contribution < 1.29 is 0 Å². The summed E-state index contributed by atoms with van der Waals surface area (Å²) in [6.07, 6.45) is 0.685. The summed E-state index contributed by atoms with van der Waals surface area (Å²) in [6, 6.07) is 2.91. The minimum Gasteiger partial charge on any atom is -0.308 e. The molecule has 6 heteroatoms. The van der Waals surface area contributed by atoms with Crippen LogP contribution >= 0.6 is 11.6 Å². The third-order valence-corrected chi connectivity index (χ3v) is 2.21. The van der Waals surface area contributed by atoms with Crippen LogP contribution in [0.2, 0.25) is 0 Å². The molecular formula is C9H10ClN3O2. The molecule has 0 bridgehead atoms. The van der Waals surface area contributed by atoms with Gasteiger partial charge in [-0.25, -0.2) is 4.79 Å². The maximum atomic E-state index is 11.4. The fraction of sp³-hybridized carbons (Fsp3) is 0.444. The van der Waals surface area contributed by atoms with Crippen molar-refractivity contribution in [2.24, 2.45) is 0 Å². The fourth-order valence-electron chi connectivity index (χ4n) is 1.18. The second-order valence-electron chi connectivity index (χ2n) is 3.01. The van der Waals surface area contributed by atoms with Crippen LogP contribution in [-0.4, -0.2) is 9.55 Å². The number of H-pyrrole nitrogens is 1. The largest absolute Gasteiger partial charge is 0.328 e. The predicted molar refractivity (Wildman–Crippen MR) is 55.8 cm³/mol. The first-order valence-electron chi connectivity index (χ1n) is 4.48. The number of nitrogens with zero attached hydrogens (tertiary/aromatic N) is 2. The Morgan fingerprint density at radius 3 is 2.80 bits per heavy atom. The van der Waals surface area contributed by atoms with Crippen molar-refractivity contribution in [3.05, 3.63) is 32.6 Å². The highest BCUT2D eigenvalue weighted by Gasteiger charge is 2.10. The molecule has 5 nitrogen and oxygen atoms in total. The zero-order valence-corrected chi connectivity index (χ0v) is 8.91. The molecule has 1 unspecified atom stereocenters. The minimum absolute atomic E-state index is 0.140. The van der Waals surface area contributed by atoms with Gasteiger partial charge in [0.05, 0.1) is 11.8 Å². The normalized spacial score (nSPS) is 12.1. The molecule has 0 saturated carbocycles. The molecule has 0 aliphatic carbocycles. The maximum absolute atomic E-state index is 11.4. The Morgan fingerprint density at radius 1 is 1.67 bits per heavy atom. The highest BCUT2D eigenvalue weighted by atomic mass is 35.5. The lowest BCUT2D eigenvalue weighted by Gasteiger charge is -2.04. The lowest BCUT2D eigenvalue weighted by atomic mass is 10.3. The van der Waals surface area contributed by atoms with Crippen LogP contribution in [0.15, 0.2) is 15.7 Å². The van der Waals surface area contributed by atoms with Gasteiger partial charge in [-0.15, -0.1) is 0 Å². The number of nitrogens with one attached hydrogen (secondary N) is 1. The monoisotopic (exact) mass is 227 g/mol. The molecule has 1 aromatic rings. The number of halogens is 1. The molecule has 0 aliphatic heterocycles. The van der Waals surface area contributed by atoms with Gasteiger partial charge in [-0.3, -0.25) is 9.36 Å². The Morgan fingerprint density at radius 2 is 2.33 bits per heavy atom. The van der Waals surface area contributed by atoms with Crippen LogP contribution in [0, 0.1) is 11.3 Å². The van der Waals surface area contributed by atoms with E-state index in [1.165, 1.54) is 6.07 Å². The second-order valence-corrected chi connectivity index (χ2v) is 3.45. The van der Waals surface area contributed by atoms with Crippen molar-refractivity contribution in [1.29, 1.82) is 5.26 Å². The van der Waals surface area contributed by atoms with E-state index in [0.717, 1.165) is 4.57 Å². The Kier molecular flexibility index (Phi) is 3.69. The van der Waals surface area contributed by atoms with E-state index in [0.29, 0.717) is 13.0 Å². The zero-order valence-electron chi connectivity index (χ0n) is 8.16. The summed E-state index contributed by atoms with van der Waals surface area (Å²) < 4.78 is 1.07. The summed E-state index contributed by atoms with van der Waals surface area (Å²) in [7, 11) is 0. The summed E-state index contributed by atoms with van der Waals surface area (Å²) in [5.74, 6) is 0. The Labute approximate surface area is 90.9 Å². The van der Waals surface area contributed by atoms with E-state index in [-0.39, 0.29) is 5.69 Å². The van der Waals surface area contributed by atoms with E-state index >= 15 is 0 Å². The summed E-state index contributed by atoms with van der Waals surface area (Å²) in [6.45, 7) is 2.22. The van der Waals surface area contributed by atoms with E-state index in [2.05, 4.69) is 4.98 Å². The SMILES string of the molecule is CCCn1c(=O)cc(C(Cl)C#N)[nH]c1=O. The molecular weight excluding hydrogens is 218 g/mol. The number of hydrogen-bond donors (Lipinski definition) is 1. The van der Waals surface area contributed by atoms with Gasteiger partial charge < -0.3 is 4.98 Å². The van der Waals surface area contributed by atoms with Gasteiger partial charge >= 0.3 is 5.69 Å². The molecule has 0 spiro atoms. The lowest BCUT2D eigenvalue weighted by molar-refractivity contribution is 0.610. The number of aromatic nitrogens is 2. The van der Waals surface area contributed by atoms with Crippen LogP contribution in [0.1, 0.15) is 24.4 Å². The highest BCUT2D eigenvalue weighted by Crippen LogP contribution is 2.13. The van der Waals surface area contributed by atoms with Crippen LogP contribution in [0.3, 0.4) is 0 Å². The van der Waals surface area contributed by atoms with Crippen LogP contribution in [0.25, 0.3) is 0 Å².